The number of hydrogen-bond acceptors (Lipinski definition) is 4. The molecule has 2 aromatic carbocycles. The van der Waals surface area contributed by atoms with E-state index in [0.717, 1.165) is 5.56 Å². The van der Waals surface area contributed by atoms with E-state index in [-0.39, 0.29) is 23.2 Å². The van der Waals surface area contributed by atoms with E-state index < -0.39 is 20.0 Å². The van der Waals surface area contributed by atoms with Crippen molar-refractivity contribution in [2.45, 2.75) is 21.9 Å². The monoisotopic (exact) mass is 365 g/mol. The van der Waals surface area contributed by atoms with Crippen LogP contribution in [0.25, 0.3) is 0 Å². The normalized spacial score (nSPS) is 13.9. The number of alkyl halides is 1. The van der Waals surface area contributed by atoms with Gasteiger partial charge in [-0.15, -0.1) is 0 Å². The Balaban J connectivity index is 2.29. The first-order valence-electron chi connectivity index (χ1n) is 7.14. The number of carbonyl (C=O) groups is 2. The Bertz CT molecular complexity index is 835. The Labute approximate surface area is 145 Å². The number of primary amides is 1. The molecular weight excluding hydrogens is 350 g/mol. The van der Waals surface area contributed by atoms with Crippen LogP contribution in [0, 0.1) is 0 Å². The third-order valence-electron chi connectivity index (χ3n) is 3.67. The molecule has 126 valence electrons. The maximum absolute atomic E-state index is 12.7. The van der Waals surface area contributed by atoms with Gasteiger partial charge in [-0.1, -0.05) is 41.9 Å². The summed E-state index contributed by atoms with van der Waals surface area (Å²) >= 11 is 6.15. The second-order valence-corrected chi connectivity index (χ2v) is 8.39. The number of rotatable bonds is 7. The zero-order valence-electron chi connectivity index (χ0n) is 12.7. The Kier molecular flexibility index (Phi) is 5.41. The minimum absolute atomic E-state index is 0.0675. The van der Waals surface area contributed by atoms with E-state index in [9.17, 15) is 18.0 Å². The van der Waals surface area contributed by atoms with Crippen molar-refractivity contribution in [2.24, 2.45) is 5.73 Å². The number of carbonyl (C=O) groups excluding carboxylic acids is 2. The van der Waals surface area contributed by atoms with Gasteiger partial charge in [0.25, 0.3) is 0 Å². The largest absolute Gasteiger partial charge is 0.366 e. The topological polar surface area (TPSA) is 94.3 Å². The van der Waals surface area contributed by atoms with Crippen LogP contribution in [0.5, 0.6) is 0 Å². The van der Waals surface area contributed by atoms with Crippen molar-refractivity contribution in [3.8, 4) is 0 Å². The summed E-state index contributed by atoms with van der Waals surface area (Å²) in [6.45, 7) is 0. The summed E-state index contributed by atoms with van der Waals surface area (Å²) in [5.74, 6) is -0.671. The number of aryl methyl sites for hydroxylation is 1. The molecule has 2 aromatic rings. The van der Waals surface area contributed by atoms with Gasteiger partial charge in [0.15, 0.2) is 6.29 Å². The van der Waals surface area contributed by atoms with Gasteiger partial charge in [0.1, 0.15) is 0 Å². The summed E-state index contributed by atoms with van der Waals surface area (Å²) in [6.07, 6.45) is 0.512. The number of halogens is 1. The molecule has 1 atom stereocenters. The third kappa shape index (κ3) is 3.66. The van der Waals surface area contributed by atoms with Crippen molar-refractivity contribution in [1.82, 2.24) is 0 Å². The SMILES string of the molecule is NC(=O)c1ccc(S(=O)(=O)C(Cl)(C=O)CCc2ccccc2)cc1. The van der Waals surface area contributed by atoms with Crippen molar-refractivity contribution in [2.75, 3.05) is 0 Å². The van der Waals surface area contributed by atoms with Crippen molar-refractivity contribution in [1.29, 1.82) is 0 Å². The highest BCUT2D eigenvalue weighted by atomic mass is 35.5. The summed E-state index contributed by atoms with van der Waals surface area (Å²) in [4.78, 5) is 22.4. The van der Waals surface area contributed by atoms with Gasteiger partial charge in [0, 0.05) is 5.56 Å². The minimum Gasteiger partial charge on any atom is -0.366 e. The smallest absolute Gasteiger partial charge is 0.248 e. The number of sulfone groups is 1. The molecule has 0 spiro atoms. The first kappa shape index (κ1) is 18.2. The molecule has 2 N–H and O–H groups in total. The van der Waals surface area contributed by atoms with E-state index >= 15 is 0 Å². The van der Waals surface area contributed by atoms with Gasteiger partial charge in [-0.25, -0.2) is 8.42 Å². The summed E-state index contributed by atoms with van der Waals surface area (Å²) in [5.41, 5.74) is 6.18. The quantitative estimate of drug-likeness (QED) is 0.601. The van der Waals surface area contributed by atoms with E-state index in [2.05, 4.69) is 0 Å². The third-order valence-corrected chi connectivity index (χ3v) is 6.64. The van der Waals surface area contributed by atoms with Gasteiger partial charge in [0.05, 0.1) is 4.90 Å². The number of aldehydes is 1. The average molecular weight is 366 g/mol. The highest BCUT2D eigenvalue weighted by Gasteiger charge is 2.42. The number of nitrogens with two attached hydrogens (primary N) is 1. The second kappa shape index (κ2) is 7.15. The van der Waals surface area contributed by atoms with Crippen LogP contribution in [-0.4, -0.2) is 24.8 Å². The van der Waals surface area contributed by atoms with E-state index in [1.807, 2.05) is 30.3 Å². The van der Waals surface area contributed by atoms with Crippen LogP contribution in [0.3, 0.4) is 0 Å². The fourth-order valence-electron chi connectivity index (χ4n) is 2.21. The van der Waals surface area contributed by atoms with Crippen LogP contribution in [0.1, 0.15) is 22.3 Å². The van der Waals surface area contributed by atoms with Gasteiger partial charge in [-0.2, -0.15) is 0 Å². The number of benzene rings is 2. The number of hydrogen-bond donors (Lipinski definition) is 1. The van der Waals surface area contributed by atoms with Crippen LogP contribution < -0.4 is 5.73 Å². The Morgan fingerprint density at radius 1 is 1.08 bits per heavy atom. The van der Waals surface area contributed by atoms with Crippen LogP contribution in [0.2, 0.25) is 0 Å². The zero-order chi connectivity index (χ0) is 17.8. The summed E-state index contributed by atoms with van der Waals surface area (Å²) in [6, 6.07) is 14.2. The van der Waals surface area contributed by atoms with Crippen molar-refractivity contribution >= 4 is 33.6 Å². The van der Waals surface area contributed by atoms with Gasteiger partial charge in [-0.3, -0.25) is 4.79 Å². The Morgan fingerprint density at radius 3 is 2.17 bits per heavy atom. The van der Waals surface area contributed by atoms with Crippen LogP contribution in [0.4, 0.5) is 0 Å². The van der Waals surface area contributed by atoms with Crippen molar-refractivity contribution in [3.05, 3.63) is 65.7 Å². The van der Waals surface area contributed by atoms with Crippen LogP contribution in [0.15, 0.2) is 59.5 Å². The highest BCUT2D eigenvalue weighted by molar-refractivity contribution is 7.95. The van der Waals surface area contributed by atoms with Crippen LogP contribution >= 0.6 is 11.6 Å². The van der Waals surface area contributed by atoms with Crippen LogP contribution in [-0.2, 0) is 21.1 Å². The first-order valence-corrected chi connectivity index (χ1v) is 9.00. The lowest BCUT2D eigenvalue weighted by Gasteiger charge is -2.21. The molecule has 0 aliphatic carbocycles. The molecule has 0 heterocycles. The maximum Gasteiger partial charge on any atom is 0.248 e. The molecule has 1 unspecified atom stereocenters. The lowest BCUT2D eigenvalue weighted by molar-refractivity contribution is -0.108. The van der Waals surface area contributed by atoms with Crippen molar-refractivity contribution in [3.63, 3.8) is 0 Å². The summed E-state index contributed by atoms with van der Waals surface area (Å²) in [7, 11) is -4.12. The standard InChI is InChI=1S/C17H16ClNO4S/c18-17(12-20,11-10-13-4-2-1-3-5-13)24(22,23)15-8-6-14(7-9-15)16(19)21/h1-9,12H,10-11H2,(H2,19,21). The second-order valence-electron chi connectivity index (χ2n) is 5.28. The van der Waals surface area contributed by atoms with Gasteiger partial charge >= 0.3 is 0 Å². The zero-order valence-corrected chi connectivity index (χ0v) is 14.3. The van der Waals surface area contributed by atoms with Gasteiger partial charge < -0.3 is 10.5 Å². The lowest BCUT2D eigenvalue weighted by atomic mass is 10.1. The number of amides is 1. The molecule has 0 aliphatic heterocycles. The molecule has 0 aliphatic rings. The van der Waals surface area contributed by atoms with Gasteiger partial charge in [-0.05, 0) is 42.7 Å². The first-order chi connectivity index (χ1) is 11.3. The molecule has 0 bridgehead atoms. The Hall–Kier alpha value is -2.18. The molecule has 0 aromatic heterocycles. The summed E-state index contributed by atoms with van der Waals surface area (Å²) < 4.78 is 23.3. The predicted molar refractivity (Wildman–Crippen MR) is 91.6 cm³/mol. The molecule has 0 radical (unpaired) electrons. The lowest BCUT2D eigenvalue weighted by Crippen LogP contribution is -2.35. The molecule has 2 rings (SSSR count). The molecular formula is C17H16ClNO4S. The van der Waals surface area contributed by atoms with Gasteiger partial charge in [0.2, 0.25) is 20.0 Å². The molecule has 0 saturated heterocycles. The fourth-order valence-corrected chi connectivity index (χ4v) is 3.96. The minimum atomic E-state index is -4.12. The average Bonchev–Trinajstić information content (AvgIpc) is 2.60. The van der Waals surface area contributed by atoms with E-state index in [1.165, 1.54) is 24.3 Å². The maximum atomic E-state index is 12.7. The van der Waals surface area contributed by atoms with E-state index in [4.69, 9.17) is 17.3 Å². The highest BCUT2D eigenvalue weighted by Crippen LogP contribution is 2.32. The van der Waals surface area contributed by atoms with E-state index in [0.29, 0.717) is 6.42 Å². The molecule has 5 nitrogen and oxygen atoms in total. The molecule has 0 saturated carbocycles. The molecule has 24 heavy (non-hydrogen) atoms. The van der Waals surface area contributed by atoms with Crippen molar-refractivity contribution < 1.29 is 18.0 Å². The molecule has 7 heteroatoms. The Morgan fingerprint density at radius 2 is 1.67 bits per heavy atom. The fraction of sp³-hybridized carbons (Fsp3) is 0.176. The van der Waals surface area contributed by atoms with E-state index in [1.54, 1.807) is 0 Å². The predicted octanol–water partition coefficient (Wildman–Crippen LogP) is 2.33. The molecule has 1 amide bonds. The molecule has 0 fully saturated rings. The summed E-state index contributed by atoms with van der Waals surface area (Å²) in [5, 5.41) is 0.